The molecule has 2 aromatic heterocycles. The first-order valence-corrected chi connectivity index (χ1v) is 18.8. The summed E-state index contributed by atoms with van der Waals surface area (Å²) >= 11 is 6.98. The minimum absolute atomic E-state index is 0.232. The van der Waals surface area contributed by atoms with Gasteiger partial charge in [-0.2, -0.15) is 0 Å². The monoisotopic (exact) mass is 708 g/mol. The molecule has 4 aliphatic rings. The molecule has 2 amide bonds. The van der Waals surface area contributed by atoms with Crippen LogP contribution in [0.1, 0.15) is 95.0 Å². The quantitative estimate of drug-likeness (QED) is 0.205. The molecule has 2 bridgehead atoms. The maximum atomic E-state index is 13.8. The lowest BCUT2D eigenvalue weighted by molar-refractivity contribution is 0.100. The van der Waals surface area contributed by atoms with Crippen LogP contribution in [0, 0.1) is 17.8 Å². The van der Waals surface area contributed by atoms with Crippen LogP contribution in [0.5, 0.6) is 0 Å². The van der Waals surface area contributed by atoms with Gasteiger partial charge in [0.2, 0.25) is 0 Å². The smallest absolute Gasteiger partial charge is 0.291 e. The topological polar surface area (TPSA) is 100 Å². The van der Waals surface area contributed by atoms with E-state index in [1.54, 1.807) is 6.07 Å². The molecule has 2 aliphatic carbocycles. The van der Waals surface area contributed by atoms with E-state index < -0.39 is 0 Å². The molecule has 2 N–H and O–H groups in total. The molecule has 0 atom stereocenters. The fourth-order valence-electron chi connectivity index (χ4n) is 9.47. The molecule has 268 valence electrons. The van der Waals surface area contributed by atoms with Crippen LogP contribution in [-0.2, 0) is 40.0 Å². The van der Waals surface area contributed by atoms with Gasteiger partial charge in [0, 0.05) is 75.8 Å². The van der Waals surface area contributed by atoms with Crippen LogP contribution in [0.25, 0.3) is 11.1 Å². The van der Waals surface area contributed by atoms with Gasteiger partial charge < -0.3 is 24.7 Å². The lowest BCUT2D eigenvalue weighted by Gasteiger charge is -2.32. The molecule has 0 spiro atoms. The second-order valence-corrected chi connectivity index (χ2v) is 16.5. The van der Waals surface area contributed by atoms with Crippen molar-refractivity contribution in [2.75, 3.05) is 37.3 Å². The number of imidazole rings is 2. The Balaban J connectivity index is 0.961. The third-order valence-corrected chi connectivity index (χ3v) is 13.0. The maximum absolute atomic E-state index is 13.8. The number of nitrogens with one attached hydrogen (secondary N) is 2. The van der Waals surface area contributed by atoms with Gasteiger partial charge in [-0.25, -0.2) is 9.97 Å². The molecule has 2 saturated carbocycles. The van der Waals surface area contributed by atoms with Gasteiger partial charge in [-0.15, -0.1) is 0 Å². The molecule has 0 saturated heterocycles. The van der Waals surface area contributed by atoms with Crippen molar-refractivity contribution >= 4 is 34.8 Å². The Labute approximate surface area is 305 Å². The van der Waals surface area contributed by atoms with Crippen molar-refractivity contribution in [2.24, 2.45) is 24.9 Å². The van der Waals surface area contributed by atoms with Crippen LogP contribution in [0.15, 0.2) is 36.4 Å². The summed E-state index contributed by atoms with van der Waals surface area (Å²) in [6.07, 6.45) is 9.98. The molecule has 2 aliphatic heterocycles. The number of fused-ring (bicyclic) bond motifs is 4. The summed E-state index contributed by atoms with van der Waals surface area (Å²) in [5, 5.41) is 6.56. The first-order valence-electron chi connectivity index (χ1n) is 18.4. The van der Waals surface area contributed by atoms with Crippen molar-refractivity contribution < 1.29 is 9.59 Å². The van der Waals surface area contributed by atoms with E-state index in [9.17, 15) is 9.59 Å². The first kappa shape index (κ1) is 34.1. The van der Waals surface area contributed by atoms with Gasteiger partial charge in [0.1, 0.15) is 0 Å². The average molecular weight is 709 g/mol. The molecule has 4 heterocycles. The van der Waals surface area contributed by atoms with Crippen LogP contribution in [0.2, 0.25) is 5.02 Å². The van der Waals surface area contributed by atoms with Crippen molar-refractivity contribution in [2.45, 2.75) is 78.3 Å². The number of benzene rings is 2. The van der Waals surface area contributed by atoms with Crippen LogP contribution < -0.4 is 10.6 Å². The van der Waals surface area contributed by atoms with E-state index in [1.807, 2.05) is 60.5 Å². The molecule has 8 rings (SSSR count). The SMILES string of the molecule is Cc1c(NC(=O)c2nc3c(n2C)CCN(CCC24CCC(C)(CC2)C4)C3)cccc1-c1cccc(NC(=O)c2nc3c(n2C)CCN(C)C3)c1Cl. The number of nitrogens with zero attached hydrogens (tertiary/aromatic N) is 6. The van der Waals surface area contributed by atoms with E-state index in [0.717, 1.165) is 85.0 Å². The van der Waals surface area contributed by atoms with Gasteiger partial charge in [-0.3, -0.25) is 14.5 Å². The lowest BCUT2D eigenvalue weighted by atomic mass is 9.80. The van der Waals surface area contributed by atoms with Gasteiger partial charge in [0.25, 0.3) is 11.8 Å². The zero-order valence-corrected chi connectivity index (χ0v) is 31.3. The summed E-state index contributed by atoms with van der Waals surface area (Å²) in [6, 6.07) is 11.4. The number of carbonyl (C=O) groups excluding carboxylic acids is 2. The molecular formula is C40H49ClN8O2. The van der Waals surface area contributed by atoms with Crippen LogP contribution >= 0.6 is 11.6 Å². The van der Waals surface area contributed by atoms with E-state index in [2.05, 4.69) is 39.4 Å². The van der Waals surface area contributed by atoms with Crippen LogP contribution in [0.4, 0.5) is 11.4 Å². The summed E-state index contributed by atoms with van der Waals surface area (Å²) in [4.78, 5) is 41.5. The molecule has 2 aromatic carbocycles. The molecule has 51 heavy (non-hydrogen) atoms. The minimum atomic E-state index is -0.304. The summed E-state index contributed by atoms with van der Waals surface area (Å²) in [5.41, 5.74) is 9.02. The van der Waals surface area contributed by atoms with E-state index in [1.165, 1.54) is 38.5 Å². The second-order valence-electron chi connectivity index (χ2n) is 16.1. The van der Waals surface area contributed by atoms with Gasteiger partial charge in [0.05, 0.1) is 22.1 Å². The fourth-order valence-corrected chi connectivity index (χ4v) is 9.75. The molecule has 10 nitrogen and oxygen atoms in total. The maximum Gasteiger partial charge on any atom is 0.291 e. The number of amides is 2. The van der Waals surface area contributed by atoms with Gasteiger partial charge >= 0.3 is 0 Å². The summed E-state index contributed by atoms with van der Waals surface area (Å²) in [7, 11) is 5.90. The third kappa shape index (κ3) is 6.19. The minimum Gasteiger partial charge on any atom is -0.327 e. The predicted octanol–water partition coefficient (Wildman–Crippen LogP) is 6.99. The average Bonchev–Trinajstić information content (AvgIpc) is 3.84. The van der Waals surface area contributed by atoms with Crippen LogP contribution in [0.3, 0.4) is 0 Å². The Kier molecular flexibility index (Phi) is 8.63. The number of anilines is 2. The fraction of sp³-hybridized carbons (Fsp3) is 0.500. The summed E-state index contributed by atoms with van der Waals surface area (Å²) in [6.45, 7) is 9.02. The highest BCUT2D eigenvalue weighted by Crippen LogP contribution is 2.62. The molecule has 2 fully saturated rings. The third-order valence-electron chi connectivity index (χ3n) is 12.6. The lowest BCUT2D eigenvalue weighted by Crippen LogP contribution is -2.34. The van der Waals surface area contributed by atoms with Crippen molar-refractivity contribution in [1.29, 1.82) is 0 Å². The Hall–Kier alpha value is -3.99. The van der Waals surface area contributed by atoms with Crippen molar-refractivity contribution in [3.63, 3.8) is 0 Å². The number of rotatable bonds is 8. The normalized spacial score (nSPS) is 22.9. The molecule has 0 unspecified atom stereocenters. The highest BCUT2D eigenvalue weighted by Gasteiger charge is 2.51. The second kappa shape index (κ2) is 12.9. The van der Waals surface area contributed by atoms with E-state index in [4.69, 9.17) is 16.6 Å². The van der Waals surface area contributed by atoms with Gasteiger partial charge in [-0.1, -0.05) is 42.8 Å². The summed E-state index contributed by atoms with van der Waals surface area (Å²) in [5.74, 6) is 0.260. The largest absolute Gasteiger partial charge is 0.327 e. The molecular weight excluding hydrogens is 660 g/mol. The number of halogens is 1. The zero-order chi connectivity index (χ0) is 35.7. The molecule has 11 heteroatoms. The standard InChI is InChI=1S/C40H49ClN8O2/c1-25-26(27-9-7-11-29(34(27)41)45-38(51)36-42-30-22-46(3)19-12-32(30)47(36)4)8-6-10-28(25)44-37(50)35-43-31-23-49(20-13-33(31)48(35)5)21-18-40-16-14-39(2,24-40)15-17-40/h6-11H,12-24H2,1-5H3,(H,44,50)(H,45,51). The first-order chi connectivity index (χ1) is 24.4. The number of hydrogen-bond donors (Lipinski definition) is 2. The zero-order valence-electron chi connectivity index (χ0n) is 30.5. The highest BCUT2D eigenvalue weighted by molar-refractivity contribution is 6.36. The number of hydrogen-bond acceptors (Lipinski definition) is 6. The van der Waals surface area contributed by atoms with E-state index in [0.29, 0.717) is 38.9 Å². The van der Waals surface area contributed by atoms with Crippen molar-refractivity contribution in [3.05, 3.63) is 81.4 Å². The van der Waals surface area contributed by atoms with Crippen molar-refractivity contribution in [1.82, 2.24) is 28.9 Å². The van der Waals surface area contributed by atoms with Gasteiger partial charge in [-0.05, 0) is 93.1 Å². The molecule has 4 aromatic rings. The number of carbonyl (C=O) groups is 2. The Morgan fingerprint density at radius 1 is 0.804 bits per heavy atom. The van der Waals surface area contributed by atoms with Gasteiger partial charge in [0.15, 0.2) is 11.6 Å². The number of aromatic nitrogens is 4. The summed E-state index contributed by atoms with van der Waals surface area (Å²) < 4.78 is 3.86. The van der Waals surface area contributed by atoms with E-state index in [-0.39, 0.29) is 11.8 Å². The predicted molar refractivity (Wildman–Crippen MR) is 201 cm³/mol. The van der Waals surface area contributed by atoms with Crippen molar-refractivity contribution in [3.8, 4) is 11.1 Å². The Morgan fingerprint density at radius 2 is 1.39 bits per heavy atom. The van der Waals surface area contributed by atoms with E-state index >= 15 is 0 Å². The Bertz CT molecular complexity index is 2040. The highest BCUT2D eigenvalue weighted by atomic mass is 35.5. The Morgan fingerprint density at radius 3 is 2.04 bits per heavy atom. The van der Waals surface area contributed by atoms with Crippen LogP contribution in [-0.4, -0.2) is 67.4 Å². The molecule has 0 radical (unpaired) electrons. The number of likely N-dealkylation sites (N-methyl/N-ethyl adjacent to an activating group) is 1.